The lowest BCUT2D eigenvalue weighted by molar-refractivity contribution is -0.125. The van der Waals surface area contributed by atoms with Gasteiger partial charge in [-0.05, 0) is 13.3 Å². The highest BCUT2D eigenvalue weighted by Gasteiger charge is 2.15. The molecule has 1 rings (SSSR count). The van der Waals surface area contributed by atoms with E-state index in [2.05, 4.69) is 17.2 Å². The first kappa shape index (κ1) is 13.1. The Labute approximate surface area is 100 Å². The van der Waals surface area contributed by atoms with Crippen LogP contribution in [-0.4, -0.2) is 17.4 Å². The lowest BCUT2D eigenvalue weighted by Crippen LogP contribution is -2.34. The zero-order chi connectivity index (χ0) is 12.0. The summed E-state index contributed by atoms with van der Waals surface area (Å²) in [7, 11) is 0. The van der Waals surface area contributed by atoms with E-state index < -0.39 is 0 Å². The van der Waals surface area contributed by atoms with Crippen molar-refractivity contribution in [2.24, 2.45) is 11.7 Å². The summed E-state index contributed by atoms with van der Waals surface area (Å²) in [6.07, 6.45) is 1.82. The normalized spacial score (nSPS) is 12.4. The number of nitrogens with zero attached hydrogens (tertiary/aromatic N) is 1. The van der Waals surface area contributed by atoms with Crippen LogP contribution in [0.5, 0.6) is 0 Å². The molecule has 0 saturated heterocycles. The second kappa shape index (κ2) is 6.60. The van der Waals surface area contributed by atoms with Gasteiger partial charge in [-0.3, -0.25) is 4.79 Å². The maximum absolute atomic E-state index is 11.7. The van der Waals surface area contributed by atoms with E-state index in [-0.39, 0.29) is 11.8 Å². The largest absolute Gasteiger partial charge is 0.350 e. The van der Waals surface area contributed by atoms with E-state index >= 15 is 0 Å². The summed E-state index contributed by atoms with van der Waals surface area (Å²) < 4.78 is 0. The first-order valence-corrected chi connectivity index (χ1v) is 6.44. The van der Waals surface area contributed by atoms with Crippen molar-refractivity contribution < 1.29 is 4.79 Å². The van der Waals surface area contributed by atoms with Gasteiger partial charge in [-0.1, -0.05) is 13.3 Å². The highest BCUT2D eigenvalue weighted by Crippen LogP contribution is 2.08. The molecule has 0 aliphatic carbocycles. The lowest BCUT2D eigenvalue weighted by atomic mass is 10.0. The molecule has 0 aliphatic rings. The molecule has 90 valence electrons. The molecule has 1 aromatic heterocycles. The van der Waals surface area contributed by atoms with Crippen LogP contribution >= 0.6 is 11.3 Å². The fourth-order valence-corrected chi connectivity index (χ4v) is 2.13. The number of aromatic nitrogens is 1. The standard InChI is InChI=1S/C11H19N3OS/c1-3-4-9(5-12)11(15)13-6-10-7-16-8(2)14-10/h7,9H,3-6,12H2,1-2H3,(H,13,15). The van der Waals surface area contributed by atoms with Gasteiger partial charge in [0.25, 0.3) is 0 Å². The summed E-state index contributed by atoms with van der Waals surface area (Å²) in [5.74, 6) is -0.0280. The van der Waals surface area contributed by atoms with Gasteiger partial charge in [0.15, 0.2) is 0 Å². The van der Waals surface area contributed by atoms with Gasteiger partial charge in [0.05, 0.1) is 23.2 Å². The second-order valence-electron chi connectivity index (χ2n) is 3.80. The van der Waals surface area contributed by atoms with E-state index in [0.717, 1.165) is 23.5 Å². The molecule has 1 atom stereocenters. The first-order valence-electron chi connectivity index (χ1n) is 5.56. The van der Waals surface area contributed by atoms with Crippen LogP contribution in [0.4, 0.5) is 0 Å². The Bertz CT molecular complexity index is 338. The average molecular weight is 241 g/mol. The summed E-state index contributed by atoms with van der Waals surface area (Å²) in [6.45, 7) is 4.93. The predicted molar refractivity (Wildman–Crippen MR) is 66.2 cm³/mol. The Balaban J connectivity index is 2.39. The number of hydrogen-bond acceptors (Lipinski definition) is 4. The quantitative estimate of drug-likeness (QED) is 0.792. The van der Waals surface area contributed by atoms with Crippen LogP contribution in [0.25, 0.3) is 0 Å². The van der Waals surface area contributed by atoms with Crippen molar-refractivity contribution in [2.75, 3.05) is 6.54 Å². The Kier molecular flexibility index (Phi) is 5.42. The van der Waals surface area contributed by atoms with Crippen LogP contribution in [0.15, 0.2) is 5.38 Å². The molecule has 4 nitrogen and oxygen atoms in total. The van der Waals surface area contributed by atoms with Crippen LogP contribution in [0.3, 0.4) is 0 Å². The smallest absolute Gasteiger partial charge is 0.224 e. The molecule has 1 heterocycles. The van der Waals surface area contributed by atoms with Crippen molar-refractivity contribution in [3.8, 4) is 0 Å². The minimum Gasteiger partial charge on any atom is -0.350 e. The average Bonchev–Trinajstić information content (AvgIpc) is 2.68. The third-order valence-corrected chi connectivity index (χ3v) is 3.23. The Morgan fingerprint density at radius 1 is 1.69 bits per heavy atom. The molecular formula is C11H19N3OS. The summed E-state index contributed by atoms with van der Waals surface area (Å²) in [4.78, 5) is 16.0. The summed E-state index contributed by atoms with van der Waals surface area (Å²) in [5, 5.41) is 5.86. The zero-order valence-corrected chi connectivity index (χ0v) is 10.6. The highest BCUT2D eigenvalue weighted by atomic mass is 32.1. The number of nitrogens with two attached hydrogens (primary N) is 1. The Morgan fingerprint density at radius 2 is 2.44 bits per heavy atom. The van der Waals surface area contributed by atoms with Gasteiger partial charge in [0, 0.05) is 11.9 Å². The van der Waals surface area contributed by atoms with Crippen molar-refractivity contribution in [3.05, 3.63) is 16.1 Å². The lowest BCUT2D eigenvalue weighted by Gasteiger charge is -2.12. The molecule has 3 N–H and O–H groups in total. The Morgan fingerprint density at radius 3 is 2.94 bits per heavy atom. The topological polar surface area (TPSA) is 68.0 Å². The van der Waals surface area contributed by atoms with Gasteiger partial charge < -0.3 is 11.1 Å². The summed E-state index contributed by atoms with van der Waals surface area (Å²) in [6, 6.07) is 0. The third-order valence-electron chi connectivity index (χ3n) is 2.40. The van der Waals surface area contributed by atoms with E-state index in [1.807, 2.05) is 12.3 Å². The van der Waals surface area contributed by atoms with Crippen molar-refractivity contribution in [2.45, 2.75) is 33.2 Å². The van der Waals surface area contributed by atoms with Crippen LogP contribution < -0.4 is 11.1 Å². The maximum Gasteiger partial charge on any atom is 0.224 e. The molecule has 0 fully saturated rings. The molecule has 5 heteroatoms. The van der Waals surface area contributed by atoms with Crippen molar-refractivity contribution in [1.29, 1.82) is 0 Å². The van der Waals surface area contributed by atoms with Gasteiger partial charge in [-0.2, -0.15) is 0 Å². The van der Waals surface area contributed by atoms with Crippen LogP contribution in [0, 0.1) is 12.8 Å². The van der Waals surface area contributed by atoms with Crippen LogP contribution in [-0.2, 0) is 11.3 Å². The van der Waals surface area contributed by atoms with E-state index in [1.165, 1.54) is 0 Å². The molecule has 0 aliphatic heterocycles. The maximum atomic E-state index is 11.7. The van der Waals surface area contributed by atoms with E-state index in [9.17, 15) is 4.79 Å². The highest BCUT2D eigenvalue weighted by molar-refractivity contribution is 7.09. The van der Waals surface area contributed by atoms with Crippen LogP contribution in [0.2, 0.25) is 0 Å². The summed E-state index contributed by atoms with van der Waals surface area (Å²) in [5.41, 5.74) is 6.48. The van der Waals surface area contributed by atoms with E-state index in [0.29, 0.717) is 13.1 Å². The fraction of sp³-hybridized carbons (Fsp3) is 0.636. The number of aryl methyl sites for hydroxylation is 1. The minimum absolute atomic E-state index is 0.0370. The third kappa shape index (κ3) is 3.90. The Hall–Kier alpha value is -0.940. The molecule has 1 unspecified atom stereocenters. The number of carbonyl (C=O) groups excluding carboxylic acids is 1. The molecular weight excluding hydrogens is 222 g/mol. The van der Waals surface area contributed by atoms with E-state index in [1.54, 1.807) is 11.3 Å². The van der Waals surface area contributed by atoms with Gasteiger partial charge in [-0.25, -0.2) is 4.98 Å². The van der Waals surface area contributed by atoms with E-state index in [4.69, 9.17) is 5.73 Å². The van der Waals surface area contributed by atoms with Crippen LogP contribution in [0.1, 0.15) is 30.5 Å². The first-order chi connectivity index (χ1) is 7.67. The van der Waals surface area contributed by atoms with Crippen molar-refractivity contribution >= 4 is 17.2 Å². The molecule has 1 amide bonds. The van der Waals surface area contributed by atoms with Gasteiger partial charge in [0.2, 0.25) is 5.91 Å². The number of rotatable bonds is 6. The summed E-state index contributed by atoms with van der Waals surface area (Å²) >= 11 is 1.59. The molecule has 0 spiro atoms. The van der Waals surface area contributed by atoms with Crippen molar-refractivity contribution in [1.82, 2.24) is 10.3 Å². The molecule has 16 heavy (non-hydrogen) atoms. The SMILES string of the molecule is CCCC(CN)C(=O)NCc1csc(C)n1. The molecule has 0 radical (unpaired) electrons. The number of amides is 1. The predicted octanol–water partition coefficient (Wildman–Crippen LogP) is 1.44. The van der Waals surface area contributed by atoms with Gasteiger partial charge in [0.1, 0.15) is 0 Å². The number of nitrogens with one attached hydrogen (secondary N) is 1. The number of thiazole rings is 1. The minimum atomic E-state index is -0.0651. The molecule has 1 aromatic rings. The molecule has 0 bridgehead atoms. The van der Waals surface area contributed by atoms with Gasteiger partial charge in [-0.15, -0.1) is 11.3 Å². The van der Waals surface area contributed by atoms with Crippen molar-refractivity contribution in [3.63, 3.8) is 0 Å². The van der Waals surface area contributed by atoms with Gasteiger partial charge >= 0.3 is 0 Å². The zero-order valence-electron chi connectivity index (χ0n) is 9.82. The fourth-order valence-electron chi connectivity index (χ4n) is 1.52. The monoisotopic (exact) mass is 241 g/mol. The molecule has 0 aromatic carbocycles. The number of hydrogen-bond donors (Lipinski definition) is 2. The molecule has 0 saturated carbocycles. The number of carbonyl (C=O) groups is 1. The second-order valence-corrected chi connectivity index (χ2v) is 4.86.